The Hall–Kier alpha value is -1.35. The molecule has 0 aliphatic carbocycles. The summed E-state index contributed by atoms with van der Waals surface area (Å²) in [4.78, 5) is 12.9. The molecule has 0 bridgehead atoms. The summed E-state index contributed by atoms with van der Waals surface area (Å²) in [6, 6.07) is 10.8. The second kappa shape index (κ2) is 3.57. The molecule has 2 nitrogen and oxygen atoms in total. The fourth-order valence-corrected chi connectivity index (χ4v) is 3.80. The molecule has 88 valence electrons. The third kappa shape index (κ3) is 1.57. The summed E-state index contributed by atoms with van der Waals surface area (Å²) in [6.45, 7) is 4.27. The van der Waals surface area contributed by atoms with Crippen LogP contribution >= 0.6 is 11.3 Å². The molecule has 1 aromatic heterocycles. The number of carbonyl (C=O) groups is 1. The number of benzene rings is 1. The number of hydrogen-bond donors (Lipinski definition) is 1. The first kappa shape index (κ1) is 10.8. The number of rotatable bonds is 1. The Bertz CT molecular complexity index is 556. The summed E-state index contributed by atoms with van der Waals surface area (Å²) in [5.74, 6) is 0.164. The van der Waals surface area contributed by atoms with E-state index in [1.165, 1.54) is 15.0 Å². The van der Waals surface area contributed by atoms with Gasteiger partial charge in [-0.1, -0.05) is 25.1 Å². The maximum atomic E-state index is 11.6. The van der Waals surface area contributed by atoms with E-state index in [1.807, 2.05) is 0 Å². The first-order valence-corrected chi connectivity index (χ1v) is 6.70. The SMILES string of the molecule is CC1NC(=O)CC1(C)c1cc2ccccc2s1. The molecule has 3 heteroatoms. The summed E-state index contributed by atoms with van der Waals surface area (Å²) in [6.07, 6.45) is 0.598. The Kier molecular flexibility index (Phi) is 2.26. The molecule has 2 aromatic rings. The van der Waals surface area contributed by atoms with Crippen molar-refractivity contribution in [3.05, 3.63) is 35.2 Å². The number of hydrogen-bond acceptors (Lipinski definition) is 2. The molecule has 1 fully saturated rings. The van der Waals surface area contributed by atoms with Crippen LogP contribution in [0, 0.1) is 0 Å². The lowest BCUT2D eigenvalue weighted by Gasteiger charge is -2.25. The van der Waals surface area contributed by atoms with Crippen LogP contribution in [-0.4, -0.2) is 11.9 Å². The van der Waals surface area contributed by atoms with E-state index in [0.717, 1.165) is 0 Å². The zero-order chi connectivity index (χ0) is 12.0. The number of carbonyl (C=O) groups excluding carboxylic acids is 1. The molecule has 3 rings (SSSR count). The Morgan fingerprint density at radius 2 is 2.18 bits per heavy atom. The topological polar surface area (TPSA) is 29.1 Å². The standard InChI is InChI=1S/C14H15NOS/c1-9-14(2,8-13(16)15-9)12-7-10-5-3-4-6-11(10)17-12/h3-7,9H,8H2,1-2H3,(H,15,16). The van der Waals surface area contributed by atoms with Crippen LogP contribution in [0.2, 0.25) is 0 Å². The highest BCUT2D eigenvalue weighted by Gasteiger charge is 2.42. The number of fused-ring (bicyclic) bond motifs is 1. The second-order valence-electron chi connectivity index (χ2n) is 5.03. The van der Waals surface area contributed by atoms with Crippen molar-refractivity contribution in [2.75, 3.05) is 0 Å². The monoisotopic (exact) mass is 245 g/mol. The van der Waals surface area contributed by atoms with Gasteiger partial charge in [-0.15, -0.1) is 11.3 Å². The van der Waals surface area contributed by atoms with Gasteiger partial charge in [0.2, 0.25) is 5.91 Å². The van der Waals surface area contributed by atoms with E-state index in [4.69, 9.17) is 0 Å². The van der Waals surface area contributed by atoms with Crippen molar-refractivity contribution < 1.29 is 4.79 Å². The van der Waals surface area contributed by atoms with Crippen LogP contribution in [0.3, 0.4) is 0 Å². The van der Waals surface area contributed by atoms with Gasteiger partial charge in [0.15, 0.2) is 0 Å². The van der Waals surface area contributed by atoms with Crippen LogP contribution in [0.1, 0.15) is 25.1 Å². The molecule has 0 radical (unpaired) electrons. The molecule has 1 aromatic carbocycles. The van der Waals surface area contributed by atoms with Crippen LogP contribution in [0.4, 0.5) is 0 Å². The molecule has 1 saturated heterocycles. The first-order chi connectivity index (χ1) is 8.09. The second-order valence-corrected chi connectivity index (χ2v) is 6.12. The predicted octanol–water partition coefficient (Wildman–Crippen LogP) is 3.07. The quantitative estimate of drug-likeness (QED) is 0.822. The maximum Gasteiger partial charge on any atom is 0.221 e. The Balaban J connectivity index is 2.12. The molecular formula is C14H15NOS. The van der Waals surface area contributed by atoms with E-state index in [-0.39, 0.29) is 17.4 Å². The molecule has 0 spiro atoms. The van der Waals surface area contributed by atoms with Crippen molar-refractivity contribution in [3.63, 3.8) is 0 Å². The third-order valence-electron chi connectivity index (χ3n) is 3.85. The van der Waals surface area contributed by atoms with Crippen molar-refractivity contribution in [3.8, 4) is 0 Å². The summed E-state index contributed by atoms with van der Waals surface area (Å²) < 4.78 is 1.30. The number of amides is 1. The summed E-state index contributed by atoms with van der Waals surface area (Å²) >= 11 is 1.81. The van der Waals surface area contributed by atoms with E-state index in [2.05, 4.69) is 49.5 Å². The smallest absolute Gasteiger partial charge is 0.221 e. The van der Waals surface area contributed by atoms with E-state index >= 15 is 0 Å². The Morgan fingerprint density at radius 1 is 1.41 bits per heavy atom. The van der Waals surface area contributed by atoms with Gasteiger partial charge in [-0.05, 0) is 24.4 Å². The predicted molar refractivity (Wildman–Crippen MR) is 71.4 cm³/mol. The average molecular weight is 245 g/mol. The van der Waals surface area contributed by atoms with Gasteiger partial charge in [0.1, 0.15) is 0 Å². The van der Waals surface area contributed by atoms with Gasteiger partial charge >= 0.3 is 0 Å². The minimum atomic E-state index is -0.0548. The van der Waals surface area contributed by atoms with E-state index in [1.54, 1.807) is 11.3 Å². The molecule has 1 aliphatic heterocycles. The van der Waals surface area contributed by atoms with Crippen molar-refractivity contribution in [2.24, 2.45) is 0 Å². The molecule has 1 aliphatic rings. The maximum absolute atomic E-state index is 11.6. The van der Waals surface area contributed by atoms with Gasteiger partial charge in [0, 0.05) is 27.5 Å². The Morgan fingerprint density at radius 3 is 2.82 bits per heavy atom. The minimum Gasteiger partial charge on any atom is -0.353 e. The van der Waals surface area contributed by atoms with Gasteiger partial charge < -0.3 is 5.32 Å². The first-order valence-electron chi connectivity index (χ1n) is 5.88. The number of nitrogens with one attached hydrogen (secondary N) is 1. The van der Waals surface area contributed by atoms with Crippen molar-refractivity contribution in [2.45, 2.75) is 31.7 Å². The molecule has 1 amide bonds. The molecule has 17 heavy (non-hydrogen) atoms. The average Bonchev–Trinajstić information content (AvgIpc) is 2.81. The lowest BCUT2D eigenvalue weighted by atomic mass is 9.81. The summed E-state index contributed by atoms with van der Waals surface area (Å²) in [7, 11) is 0. The molecule has 2 atom stereocenters. The fourth-order valence-electron chi connectivity index (χ4n) is 2.50. The van der Waals surface area contributed by atoms with Gasteiger partial charge in [0.25, 0.3) is 0 Å². The fraction of sp³-hybridized carbons (Fsp3) is 0.357. The van der Waals surface area contributed by atoms with Crippen LogP contribution in [-0.2, 0) is 10.2 Å². The third-order valence-corrected chi connectivity index (χ3v) is 5.25. The van der Waals surface area contributed by atoms with Crippen LogP contribution in [0.5, 0.6) is 0 Å². The normalized spacial score (nSPS) is 28.6. The van der Waals surface area contributed by atoms with Crippen LogP contribution < -0.4 is 5.32 Å². The van der Waals surface area contributed by atoms with Crippen LogP contribution in [0.25, 0.3) is 10.1 Å². The minimum absolute atomic E-state index is 0.0548. The van der Waals surface area contributed by atoms with Crippen molar-refractivity contribution in [1.29, 1.82) is 0 Å². The molecule has 1 N–H and O–H groups in total. The van der Waals surface area contributed by atoms with Gasteiger partial charge in [-0.2, -0.15) is 0 Å². The van der Waals surface area contributed by atoms with E-state index < -0.39 is 0 Å². The van der Waals surface area contributed by atoms with E-state index in [0.29, 0.717) is 6.42 Å². The van der Waals surface area contributed by atoms with Gasteiger partial charge in [-0.3, -0.25) is 4.79 Å². The van der Waals surface area contributed by atoms with Crippen LogP contribution in [0.15, 0.2) is 30.3 Å². The molecule has 2 heterocycles. The zero-order valence-electron chi connectivity index (χ0n) is 9.99. The highest BCUT2D eigenvalue weighted by molar-refractivity contribution is 7.19. The highest BCUT2D eigenvalue weighted by atomic mass is 32.1. The van der Waals surface area contributed by atoms with Crippen molar-refractivity contribution >= 4 is 27.3 Å². The highest BCUT2D eigenvalue weighted by Crippen LogP contribution is 2.41. The van der Waals surface area contributed by atoms with Crippen molar-refractivity contribution in [1.82, 2.24) is 5.32 Å². The number of thiophene rings is 1. The van der Waals surface area contributed by atoms with Gasteiger partial charge in [-0.25, -0.2) is 0 Å². The van der Waals surface area contributed by atoms with Gasteiger partial charge in [0.05, 0.1) is 0 Å². The Labute approximate surface area is 105 Å². The molecule has 0 saturated carbocycles. The molecular weight excluding hydrogens is 230 g/mol. The largest absolute Gasteiger partial charge is 0.353 e. The zero-order valence-corrected chi connectivity index (χ0v) is 10.8. The molecule has 2 unspecified atom stereocenters. The lowest BCUT2D eigenvalue weighted by molar-refractivity contribution is -0.119. The van der Waals surface area contributed by atoms with E-state index in [9.17, 15) is 4.79 Å². The summed E-state index contributed by atoms with van der Waals surface area (Å²) in [5, 5.41) is 4.30. The lowest BCUT2D eigenvalue weighted by Crippen LogP contribution is -2.34. The summed E-state index contributed by atoms with van der Waals surface area (Å²) in [5.41, 5.74) is -0.0548.